The largest absolute Gasteiger partial charge is 0.477 e. The molecular formula is C13H16N2O6S. The molecule has 2 aliphatic heterocycles. The van der Waals surface area contributed by atoms with Crippen molar-refractivity contribution in [2.45, 2.75) is 32.4 Å². The first kappa shape index (κ1) is 16.4. The Labute approximate surface area is 128 Å². The number of aliphatic hydroxyl groups excluding tert-OH is 1. The Balaban J connectivity index is 2.25. The molecule has 2 heterocycles. The molecule has 8 nitrogen and oxygen atoms in total. The minimum Gasteiger partial charge on any atom is -0.477 e. The summed E-state index contributed by atoms with van der Waals surface area (Å²) in [6.07, 6.45) is 0.403. The Hall–Kier alpha value is -2.00. The molecule has 9 heteroatoms. The van der Waals surface area contributed by atoms with Crippen molar-refractivity contribution in [3.05, 3.63) is 22.2 Å². The Bertz CT molecular complexity index is 624. The van der Waals surface area contributed by atoms with Crippen molar-refractivity contribution in [2.24, 2.45) is 5.92 Å². The summed E-state index contributed by atoms with van der Waals surface area (Å²) in [4.78, 5) is 35.3. The summed E-state index contributed by atoms with van der Waals surface area (Å²) in [5.74, 6) is -2.84. The van der Waals surface area contributed by atoms with E-state index >= 15 is 0 Å². The van der Waals surface area contributed by atoms with Gasteiger partial charge in [-0.05, 0) is 6.92 Å². The van der Waals surface area contributed by atoms with Crippen molar-refractivity contribution in [1.82, 2.24) is 10.2 Å². The lowest BCUT2D eigenvalue weighted by atomic mass is 9.83. The molecule has 2 aliphatic rings. The van der Waals surface area contributed by atoms with E-state index in [1.165, 1.54) is 20.0 Å². The van der Waals surface area contributed by atoms with Gasteiger partial charge >= 0.3 is 5.97 Å². The van der Waals surface area contributed by atoms with E-state index in [-0.39, 0.29) is 22.9 Å². The van der Waals surface area contributed by atoms with Crippen LogP contribution in [0.25, 0.3) is 0 Å². The molecular weight excluding hydrogens is 312 g/mol. The van der Waals surface area contributed by atoms with Crippen molar-refractivity contribution in [2.75, 3.05) is 0 Å². The van der Waals surface area contributed by atoms with Crippen molar-refractivity contribution >= 4 is 28.6 Å². The van der Waals surface area contributed by atoms with Crippen LogP contribution in [0.15, 0.2) is 22.2 Å². The number of carbonyl (C=O) groups is 3. The van der Waals surface area contributed by atoms with Crippen molar-refractivity contribution in [1.29, 1.82) is 0 Å². The second-order valence-corrected chi connectivity index (χ2v) is 6.48. The summed E-state index contributed by atoms with van der Waals surface area (Å²) < 4.78 is 12.2. The van der Waals surface area contributed by atoms with Crippen LogP contribution in [0.4, 0.5) is 0 Å². The van der Waals surface area contributed by atoms with Gasteiger partial charge in [-0.1, -0.05) is 0 Å². The van der Waals surface area contributed by atoms with Gasteiger partial charge in [-0.25, -0.2) is 9.00 Å². The van der Waals surface area contributed by atoms with Crippen LogP contribution in [-0.2, 0) is 25.2 Å². The van der Waals surface area contributed by atoms with Crippen LogP contribution in [0, 0.1) is 5.92 Å². The molecule has 0 aromatic carbocycles. The number of carbonyl (C=O) groups excluding carboxylic acids is 2. The van der Waals surface area contributed by atoms with E-state index < -0.39 is 40.7 Å². The molecule has 3 N–H and O–H groups in total. The number of rotatable bonds is 5. The molecule has 0 saturated carbocycles. The minimum absolute atomic E-state index is 0.107. The number of carboxylic acid groups (broad SMARTS) is 1. The summed E-state index contributed by atoms with van der Waals surface area (Å²) in [5, 5.41) is 22.3. The zero-order valence-electron chi connectivity index (χ0n) is 12.0. The van der Waals surface area contributed by atoms with Gasteiger partial charge in [0.2, 0.25) is 11.8 Å². The maximum Gasteiger partial charge on any atom is 0.353 e. The molecule has 1 saturated heterocycles. The number of amides is 2. The van der Waals surface area contributed by atoms with Crippen LogP contribution < -0.4 is 5.32 Å². The highest BCUT2D eigenvalue weighted by molar-refractivity contribution is 7.91. The Morgan fingerprint density at radius 2 is 2.14 bits per heavy atom. The van der Waals surface area contributed by atoms with Gasteiger partial charge in [0.1, 0.15) is 5.70 Å². The van der Waals surface area contributed by atoms with Gasteiger partial charge in [-0.3, -0.25) is 9.59 Å². The molecule has 1 fully saturated rings. The molecule has 22 heavy (non-hydrogen) atoms. The van der Waals surface area contributed by atoms with E-state index in [1.54, 1.807) is 0 Å². The number of carboxylic acids is 1. The number of nitrogens with one attached hydrogen (secondary N) is 1. The first-order valence-corrected chi connectivity index (χ1v) is 7.79. The predicted molar refractivity (Wildman–Crippen MR) is 76.2 cm³/mol. The first-order chi connectivity index (χ1) is 10.3. The molecule has 0 aliphatic carbocycles. The van der Waals surface area contributed by atoms with E-state index in [0.717, 1.165) is 10.3 Å². The van der Waals surface area contributed by atoms with E-state index in [4.69, 9.17) is 0 Å². The van der Waals surface area contributed by atoms with Crippen molar-refractivity contribution in [3.8, 4) is 0 Å². The summed E-state index contributed by atoms with van der Waals surface area (Å²) >= 11 is 0. The monoisotopic (exact) mass is 328 g/mol. The van der Waals surface area contributed by atoms with Gasteiger partial charge in [0.15, 0.2) is 0 Å². The highest BCUT2D eigenvalue weighted by Gasteiger charge is 2.57. The second kappa shape index (κ2) is 6.01. The normalized spacial score (nSPS) is 26.7. The van der Waals surface area contributed by atoms with Gasteiger partial charge in [0.05, 0.1) is 33.8 Å². The lowest BCUT2D eigenvalue weighted by Gasteiger charge is -2.44. The Morgan fingerprint density at radius 3 is 2.64 bits per heavy atom. The zero-order valence-corrected chi connectivity index (χ0v) is 12.8. The third-order valence-corrected chi connectivity index (χ3v) is 4.84. The molecule has 0 radical (unpaired) electrons. The van der Waals surface area contributed by atoms with Crippen LogP contribution >= 0.6 is 0 Å². The number of fused-ring (bicyclic) bond motifs is 1. The molecule has 0 spiro atoms. The number of aliphatic carboxylic acids is 1. The standard InChI is InChI=1S/C13H16N2O6S/c1-6(16)10-8-5-9(22(21)4-3-14-7(2)17)11(13(19)20)15(8)12(10)18/h3-4,6,8,10,16H,5H2,1-2H3,(H,14,17)(H,19,20)/b4-3+/t6-,8+,10-,22+/m0/s1. The third-order valence-electron chi connectivity index (χ3n) is 3.61. The fourth-order valence-corrected chi connectivity index (χ4v) is 3.77. The number of β-lactam (4-membered cyclic amide) rings is 1. The van der Waals surface area contributed by atoms with E-state index in [9.17, 15) is 28.8 Å². The molecule has 2 rings (SSSR count). The quantitative estimate of drug-likeness (QED) is 0.571. The molecule has 4 atom stereocenters. The molecule has 0 aromatic heterocycles. The molecule has 0 aromatic rings. The van der Waals surface area contributed by atoms with E-state index in [1.807, 2.05) is 0 Å². The van der Waals surface area contributed by atoms with Crippen molar-refractivity contribution in [3.63, 3.8) is 0 Å². The van der Waals surface area contributed by atoms with Gasteiger partial charge in [0.25, 0.3) is 0 Å². The summed E-state index contributed by atoms with van der Waals surface area (Å²) in [5.41, 5.74) is -0.294. The predicted octanol–water partition coefficient (Wildman–Crippen LogP) is -0.750. The van der Waals surface area contributed by atoms with Gasteiger partial charge < -0.3 is 20.4 Å². The van der Waals surface area contributed by atoms with Crippen LogP contribution in [0.2, 0.25) is 0 Å². The van der Waals surface area contributed by atoms with Gasteiger partial charge in [0, 0.05) is 25.0 Å². The average Bonchev–Trinajstić information content (AvgIpc) is 2.72. The highest BCUT2D eigenvalue weighted by Crippen LogP contribution is 2.44. The van der Waals surface area contributed by atoms with Gasteiger partial charge in [-0.15, -0.1) is 0 Å². The molecule has 120 valence electrons. The first-order valence-electron chi connectivity index (χ1n) is 6.57. The third kappa shape index (κ3) is 2.69. The van der Waals surface area contributed by atoms with Crippen LogP contribution in [-0.4, -0.2) is 49.3 Å². The van der Waals surface area contributed by atoms with Crippen molar-refractivity contribution < 1.29 is 28.8 Å². The number of aliphatic hydroxyl groups is 1. The summed E-state index contributed by atoms with van der Waals surface area (Å²) in [6.45, 7) is 2.74. The lowest BCUT2D eigenvalue weighted by molar-refractivity contribution is -0.161. The zero-order chi connectivity index (χ0) is 16.6. The maximum atomic E-state index is 12.2. The number of nitrogens with zero attached hydrogens (tertiary/aromatic N) is 1. The fraction of sp³-hybridized carbons (Fsp3) is 0.462. The number of hydrogen-bond donors (Lipinski definition) is 3. The minimum atomic E-state index is -1.78. The molecule has 0 bridgehead atoms. The smallest absolute Gasteiger partial charge is 0.353 e. The lowest BCUT2D eigenvalue weighted by Crippen LogP contribution is -2.61. The summed E-state index contributed by atoms with van der Waals surface area (Å²) in [6, 6.07) is -0.480. The topological polar surface area (TPSA) is 124 Å². The Kier molecular flexibility index (Phi) is 4.47. The maximum absolute atomic E-state index is 12.2. The molecule has 2 amide bonds. The SMILES string of the molecule is CC(=O)N/C=C/[S@@](=O)C1=C(C(=O)O)N2C(=O)[C@@H]([C@H](C)O)[C@H]2C1. The highest BCUT2D eigenvalue weighted by atomic mass is 32.2. The number of hydrogen-bond acceptors (Lipinski definition) is 5. The average molecular weight is 328 g/mol. The van der Waals surface area contributed by atoms with Crippen LogP contribution in [0.1, 0.15) is 20.3 Å². The Morgan fingerprint density at radius 1 is 1.50 bits per heavy atom. The second-order valence-electron chi connectivity index (χ2n) is 5.12. The molecule has 0 unspecified atom stereocenters. The summed E-state index contributed by atoms with van der Waals surface area (Å²) in [7, 11) is -1.78. The fourth-order valence-electron chi connectivity index (χ4n) is 2.71. The van der Waals surface area contributed by atoms with E-state index in [2.05, 4.69) is 5.32 Å². The van der Waals surface area contributed by atoms with Crippen LogP contribution in [0.5, 0.6) is 0 Å². The van der Waals surface area contributed by atoms with Gasteiger partial charge in [-0.2, -0.15) is 0 Å². The van der Waals surface area contributed by atoms with Crippen LogP contribution in [0.3, 0.4) is 0 Å². The van der Waals surface area contributed by atoms with E-state index in [0.29, 0.717) is 0 Å².